The number of carbonyl (C=O) groups is 1. The maximum absolute atomic E-state index is 12.0. The maximum atomic E-state index is 12.0. The molecule has 1 amide bonds. The van der Waals surface area contributed by atoms with Crippen molar-refractivity contribution in [3.63, 3.8) is 0 Å². The molecule has 1 radical (unpaired) electrons. The van der Waals surface area contributed by atoms with Gasteiger partial charge in [0.25, 0.3) is 5.91 Å². The Morgan fingerprint density at radius 1 is 1.20 bits per heavy atom. The van der Waals surface area contributed by atoms with Crippen LogP contribution in [0, 0.1) is 0 Å². The van der Waals surface area contributed by atoms with Crippen molar-refractivity contribution in [2.45, 2.75) is 0 Å². The van der Waals surface area contributed by atoms with Gasteiger partial charge in [-0.15, -0.1) is 0 Å². The molecule has 0 N–H and O–H groups in total. The van der Waals surface area contributed by atoms with Gasteiger partial charge in [0.15, 0.2) is 0 Å². The molecule has 1 aromatic rings. The third kappa shape index (κ3) is 2.58. The molecule has 1 heterocycles. The highest BCUT2D eigenvalue weighted by Gasteiger charge is 2.17. The Bertz CT molecular complexity index is 344. The van der Waals surface area contributed by atoms with Gasteiger partial charge in [-0.1, -0.05) is 15.9 Å². The number of hydrogen-bond donors (Lipinski definition) is 0. The smallest absolute Gasteiger partial charge is 0.253 e. The van der Waals surface area contributed by atoms with Gasteiger partial charge in [-0.25, -0.2) is 5.32 Å². The van der Waals surface area contributed by atoms with E-state index in [0.717, 1.165) is 36.2 Å². The third-order valence-electron chi connectivity index (χ3n) is 2.43. The molecule has 15 heavy (non-hydrogen) atoms. The van der Waals surface area contributed by atoms with E-state index in [0.29, 0.717) is 0 Å². The second kappa shape index (κ2) is 4.77. The monoisotopic (exact) mass is 267 g/mol. The van der Waals surface area contributed by atoms with Crippen LogP contribution in [-0.4, -0.2) is 37.0 Å². The van der Waals surface area contributed by atoms with Gasteiger partial charge in [-0.05, 0) is 24.3 Å². The molecule has 0 aliphatic carbocycles. The van der Waals surface area contributed by atoms with Crippen LogP contribution >= 0.6 is 15.9 Å². The van der Waals surface area contributed by atoms with Crippen molar-refractivity contribution in [1.82, 2.24) is 10.2 Å². The summed E-state index contributed by atoms with van der Waals surface area (Å²) in [6, 6.07) is 7.47. The van der Waals surface area contributed by atoms with Gasteiger partial charge >= 0.3 is 0 Å². The summed E-state index contributed by atoms with van der Waals surface area (Å²) in [4.78, 5) is 13.8. The van der Waals surface area contributed by atoms with Gasteiger partial charge in [0, 0.05) is 36.2 Å². The summed E-state index contributed by atoms with van der Waals surface area (Å²) >= 11 is 3.35. The van der Waals surface area contributed by atoms with Gasteiger partial charge in [-0.3, -0.25) is 4.79 Å². The van der Waals surface area contributed by atoms with Crippen LogP contribution in [0.2, 0.25) is 0 Å². The maximum Gasteiger partial charge on any atom is 0.253 e. The Labute approximate surface area is 97.6 Å². The van der Waals surface area contributed by atoms with Crippen LogP contribution in [0.1, 0.15) is 10.4 Å². The molecule has 0 atom stereocenters. The molecule has 4 heteroatoms. The minimum Gasteiger partial charge on any atom is -0.336 e. The SMILES string of the molecule is O=C(c1ccc(Br)cc1)N1CC[N]CC1. The first-order valence-electron chi connectivity index (χ1n) is 4.95. The fourth-order valence-electron chi connectivity index (χ4n) is 1.58. The zero-order valence-corrected chi connectivity index (χ0v) is 9.90. The quantitative estimate of drug-likeness (QED) is 0.760. The molecule has 0 unspecified atom stereocenters. The van der Waals surface area contributed by atoms with Crippen LogP contribution in [0.3, 0.4) is 0 Å². The van der Waals surface area contributed by atoms with Crippen molar-refractivity contribution in [2.75, 3.05) is 26.2 Å². The molecular weight excluding hydrogens is 256 g/mol. The van der Waals surface area contributed by atoms with Crippen LogP contribution in [-0.2, 0) is 0 Å². The van der Waals surface area contributed by atoms with E-state index < -0.39 is 0 Å². The van der Waals surface area contributed by atoms with Crippen molar-refractivity contribution in [1.29, 1.82) is 0 Å². The van der Waals surface area contributed by atoms with Crippen molar-refractivity contribution < 1.29 is 4.79 Å². The van der Waals surface area contributed by atoms with E-state index in [1.54, 1.807) is 0 Å². The summed E-state index contributed by atoms with van der Waals surface area (Å²) in [5.74, 6) is 0.109. The van der Waals surface area contributed by atoms with E-state index >= 15 is 0 Å². The highest BCUT2D eigenvalue weighted by atomic mass is 79.9. The van der Waals surface area contributed by atoms with Crippen LogP contribution in [0.15, 0.2) is 28.7 Å². The van der Waals surface area contributed by atoms with Crippen molar-refractivity contribution in [3.8, 4) is 0 Å². The van der Waals surface area contributed by atoms with Crippen LogP contribution < -0.4 is 5.32 Å². The Morgan fingerprint density at radius 3 is 2.40 bits per heavy atom. The summed E-state index contributed by atoms with van der Waals surface area (Å²) in [5, 5.41) is 4.22. The first kappa shape index (κ1) is 10.6. The Balaban J connectivity index is 2.09. The Morgan fingerprint density at radius 2 is 1.80 bits per heavy atom. The molecule has 0 aromatic heterocycles. The number of benzene rings is 1. The minimum atomic E-state index is 0.109. The fraction of sp³-hybridized carbons (Fsp3) is 0.364. The average molecular weight is 268 g/mol. The summed E-state index contributed by atoms with van der Waals surface area (Å²) in [6.45, 7) is 3.02. The summed E-state index contributed by atoms with van der Waals surface area (Å²) in [6.07, 6.45) is 0. The zero-order chi connectivity index (χ0) is 10.7. The first-order chi connectivity index (χ1) is 7.27. The molecule has 1 aromatic carbocycles. The average Bonchev–Trinajstić information content (AvgIpc) is 2.30. The molecule has 0 spiro atoms. The lowest BCUT2D eigenvalue weighted by atomic mass is 10.2. The summed E-state index contributed by atoms with van der Waals surface area (Å²) in [5.41, 5.74) is 0.750. The molecule has 0 bridgehead atoms. The zero-order valence-electron chi connectivity index (χ0n) is 8.32. The van der Waals surface area contributed by atoms with Gasteiger partial charge in [0.2, 0.25) is 0 Å². The second-order valence-corrected chi connectivity index (χ2v) is 4.39. The van der Waals surface area contributed by atoms with E-state index in [2.05, 4.69) is 21.2 Å². The lowest BCUT2D eigenvalue weighted by Crippen LogP contribution is -2.43. The lowest BCUT2D eigenvalue weighted by Gasteiger charge is -2.26. The normalized spacial score (nSPS) is 16.5. The predicted octanol–water partition coefficient (Wildman–Crippen LogP) is 1.51. The summed E-state index contributed by atoms with van der Waals surface area (Å²) < 4.78 is 0.993. The minimum absolute atomic E-state index is 0.109. The topological polar surface area (TPSA) is 34.4 Å². The van der Waals surface area contributed by atoms with E-state index in [1.165, 1.54) is 0 Å². The number of nitrogens with zero attached hydrogens (tertiary/aromatic N) is 2. The van der Waals surface area contributed by atoms with E-state index in [-0.39, 0.29) is 5.91 Å². The molecule has 1 aliphatic heterocycles. The second-order valence-electron chi connectivity index (χ2n) is 3.47. The molecule has 1 saturated heterocycles. The standard InChI is InChI=1S/C11H12BrN2O/c12-10-3-1-9(2-4-10)11(15)14-7-5-13-6-8-14/h1-4H,5-8H2. The highest BCUT2D eigenvalue weighted by Crippen LogP contribution is 2.12. The number of halogens is 1. The number of piperazine rings is 1. The predicted molar refractivity (Wildman–Crippen MR) is 61.9 cm³/mol. The number of hydrogen-bond acceptors (Lipinski definition) is 1. The van der Waals surface area contributed by atoms with E-state index in [1.807, 2.05) is 29.2 Å². The molecule has 2 rings (SSSR count). The van der Waals surface area contributed by atoms with E-state index in [4.69, 9.17) is 0 Å². The molecular formula is C11H12BrN2O. The lowest BCUT2D eigenvalue weighted by molar-refractivity contribution is 0.0734. The van der Waals surface area contributed by atoms with Gasteiger partial charge in [0.05, 0.1) is 0 Å². The van der Waals surface area contributed by atoms with E-state index in [9.17, 15) is 4.79 Å². The fourth-order valence-corrected chi connectivity index (χ4v) is 1.85. The summed E-state index contributed by atoms with van der Waals surface area (Å²) in [7, 11) is 0. The number of amides is 1. The van der Waals surface area contributed by atoms with Crippen LogP contribution in [0.4, 0.5) is 0 Å². The van der Waals surface area contributed by atoms with Crippen molar-refractivity contribution in [2.24, 2.45) is 0 Å². The molecule has 3 nitrogen and oxygen atoms in total. The van der Waals surface area contributed by atoms with Gasteiger partial charge in [0.1, 0.15) is 0 Å². The molecule has 1 aliphatic rings. The Kier molecular flexibility index (Phi) is 3.38. The number of rotatable bonds is 1. The third-order valence-corrected chi connectivity index (χ3v) is 2.96. The van der Waals surface area contributed by atoms with Crippen LogP contribution in [0.5, 0.6) is 0 Å². The largest absolute Gasteiger partial charge is 0.336 e. The Hall–Kier alpha value is -0.870. The van der Waals surface area contributed by atoms with Crippen LogP contribution in [0.25, 0.3) is 0 Å². The van der Waals surface area contributed by atoms with Gasteiger partial charge in [-0.2, -0.15) is 0 Å². The molecule has 1 fully saturated rings. The number of carbonyl (C=O) groups excluding carboxylic acids is 1. The first-order valence-corrected chi connectivity index (χ1v) is 5.75. The van der Waals surface area contributed by atoms with Crippen molar-refractivity contribution in [3.05, 3.63) is 34.3 Å². The molecule has 79 valence electrons. The van der Waals surface area contributed by atoms with Crippen molar-refractivity contribution >= 4 is 21.8 Å². The van der Waals surface area contributed by atoms with Gasteiger partial charge < -0.3 is 4.90 Å². The highest BCUT2D eigenvalue weighted by molar-refractivity contribution is 9.10. The molecule has 0 saturated carbocycles.